The first-order valence-corrected chi connectivity index (χ1v) is 10.9. The SMILES string of the molecule is CN(CC(=O)N1CC(C(=O)Nc2ccccc2)CC1C#N)C(=O)c1ccc(F)c2ccccc12. The number of rotatable bonds is 5. The van der Waals surface area contributed by atoms with Crippen LogP contribution in [0.4, 0.5) is 10.1 Å². The Labute approximate surface area is 196 Å². The molecule has 0 aliphatic carbocycles. The molecule has 1 heterocycles. The fraction of sp³-hybridized carbons (Fsp3) is 0.231. The van der Waals surface area contributed by atoms with Crippen LogP contribution < -0.4 is 5.32 Å². The Morgan fingerprint density at radius 1 is 1.06 bits per heavy atom. The summed E-state index contributed by atoms with van der Waals surface area (Å²) in [6, 6.07) is 19.6. The van der Waals surface area contributed by atoms with Crippen LogP contribution in [0.2, 0.25) is 0 Å². The van der Waals surface area contributed by atoms with Crippen LogP contribution in [-0.4, -0.2) is 53.7 Å². The van der Waals surface area contributed by atoms with Gasteiger partial charge >= 0.3 is 0 Å². The van der Waals surface area contributed by atoms with E-state index in [4.69, 9.17) is 0 Å². The molecule has 34 heavy (non-hydrogen) atoms. The van der Waals surface area contributed by atoms with Gasteiger partial charge in [-0.15, -0.1) is 0 Å². The summed E-state index contributed by atoms with van der Waals surface area (Å²) in [4.78, 5) is 41.3. The van der Waals surface area contributed by atoms with E-state index in [-0.39, 0.29) is 31.0 Å². The number of hydrogen-bond acceptors (Lipinski definition) is 4. The molecule has 3 amide bonds. The summed E-state index contributed by atoms with van der Waals surface area (Å²) >= 11 is 0. The highest BCUT2D eigenvalue weighted by Gasteiger charge is 2.39. The highest BCUT2D eigenvalue weighted by molar-refractivity contribution is 6.08. The minimum atomic E-state index is -0.755. The molecule has 0 spiro atoms. The number of fused-ring (bicyclic) bond motifs is 1. The lowest BCUT2D eigenvalue weighted by Gasteiger charge is -2.24. The van der Waals surface area contributed by atoms with Crippen LogP contribution in [0.3, 0.4) is 0 Å². The lowest BCUT2D eigenvalue weighted by Crippen LogP contribution is -2.43. The van der Waals surface area contributed by atoms with Gasteiger partial charge in [0.15, 0.2) is 0 Å². The van der Waals surface area contributed by atoms with Crippen molar-refractivity contribution in [2.45, 2.75) is 12.5 Å². The standard InChI is InChI=1S/C26H23FN4O3/c1-30(26(34)22-11-12-23(27)21-10-6-5-9-20(21)22)16-24(32)31-15-17(13-19(31)14-28)25(33)29-18-7-3-2-4-8-18/h2-12,17,19H,13,15-16H2,1H3,(H,29,33). The average molecular weight is 458 g/mol. The predicted octanol–water partition coefficient (Wildman–Crippen LogP) is 3.43. The van der Waals surface area contributed by atoms with E-state index in [9.17, 15) is 24.0 Å². The van der Waals surface area contributed by atoms with Crippen molar-refractivity contribution < 1.29 is 18.8 Å². The van der Waals surface area contributed by atoms with Gasteiger partial charge < -0.3 is 15.1 Å². The summed E-state index contributed by atoms with van der Waals surface area (Å²) in [5.74, 6) is -2.08. The van der Waals surface area contributed by atoms with E-state index < -0.39 is 29.6 Å². The highest BCUT2D eigenvalue weighted by atomic mass is 19.1. The van der Waals surface area contributed by atoms with E-state index in [0.717, 1.165) is 0 Å². The molecule has 3 aromatic rings. The molecule has 7 nitrogen and oxygen atoms in total. The van der Waals surface area contributed by atoms with Gasteiger partial charge in [0.2, 0.25) is 11.8 Å². The van der Waals surface area contributed by atoms with Crippen LogP contribution in [0, 0.1) is 23.1 Å². The van der Waals surface area contributed by atoms with Crippen molar-refractivity contribution in [2.24, 2.45) is 5.92 Å². The number of amides is 3. The molecule has 2 unspecified atom stereocenters. The molecule has 4 rings (SSSR count). The number of likely N-dealkylation sites (tertiary alicyclic amines) is 1. The van der Waals surface area contributed by atoms with Crippen LogP contribution in [0.1, 0.15) is 16.8 Å². The summed E-state index contributed by atoms with van der Waals surface area (Å²) in [6.07, 6.45) is 0.223. The third-order valence-electron chi connectivity index (χ3n) is 6.00. The number of carbonyl (C=O) groups is 3. The number of nitrogens with zero attached hydrogens (tertiary/aromatic N) is 3. The first kappa shape index (κ1) is 22.9. The van der Waals surface area contributed by atoms with Gasteiger partial charge in [-0.1, -0.05) is 42.5 Å². The first-order chi connectivity index (χ1) is 16.4. The van der Waals surface area contributed by atoms with E-state index in [1.807, 2.05) is 6.07 Å². The summed E-state index contributed by atoms with van der Waals surface area (Å²) in [7, 11) is 1.48. The number of likely N-dealkylation sites (N-methyl/N-ethyl adjacent to an activating group) is 1. The molecule has 3 aromatic carbocycles. The Morgan fingerprint density at radius 2 is 1.74 bits per heavy atom. The summed E-state index contributed by atoms with van der Waals surface area (Å²) in [5, 5.41) is 13.1. The maximum absolute atomic E-state index is 14.1. The molecule has 1 fully saturated rings. The molecule has 0 aromatic heterocycles. The summed E-state index contributed by atoms with van der Waals surface area (Å²) in [6.45, 7) is -0.174. The lowest BCUT2D eigenvalue weighted by atomic mass is 10.0. The molecular weight excluding hydrogens is 435 g/mol. The van der Waals surface area contributed by atoms with Crippen LogP contribution in [-0.2, 0) is 9.59 Å². The van der Waals surface area contributed by atoms with E-state index in [0.29, 0.717) is 16.5 Å². The molecule has 0 saturated carbocycles. The minimum absolute atomic E-state index is 0.0945. The zero-order valence-electron chi connectivity index (χ0n) is 18.6. The summed E-state index contributed by atoms with van der Waals surface area (Å²) < 4.78 is 14.1. The normalized spacial score (nSPS) is 17.3. The molecular formula is C26H23FN4O3. The van der Waals surface area contributed by atoms with Crippen molar-refractivity contribution in [3.8, 4) is 6.07 Å². The number of para-hydroxylation sites is 1. The number of nitriles is 1. The highest BCUT2D eigenvalue weighted by Crippen LogP contribution is 2.26. The van der Waals surface area contributed by atoms with Crippen molar-refractivity contribution in [1.29, 1.82) is 5.26 Å². The number of carbonyl (C=O) groups excluding carboxylic acids is 3. The fourth-order valence-corrected chi connectivity index (χ4v) is 4.21. The molecule has 172 valence electrons. The van der Waals surface area contributed by atoms with Gasteiger partial charge in [-0.25, -0.2) is 4.39 Å². The molecule has 1 aliphatic rings. The smallest absolute Gasteiger partial charge is 0.254 e. The molecule has 1 N–H and O–H groups in total. The quantitative estimate of drug-likeness (QED) is 0.634. The Hall–Kier alpha value is -4.25. The zero-order chi connectivity index (χ0) is 24.2. The fourth-order valence-electron chi connectivity index (χ4n) is 4.21. The number of anilines is 1. The largest absolute Gasteiger partial charge is 0.332 e. The Balaban J connectivity index is 1.44. The maximum Gasteiger partial charge on any atom is 0.254 e. The predicted molar refractivity (Wildman–Crippen MR) is 125 cm³/mol. The Bertz CT molecular complexity index is 1290. The van der Waals surface area contributed by atoms with E-state index in [1.54, 1.807) is 48.5 Å². The van der Waals surface area contributed by atoms with Gasteiger partial charge in [0.1, 0.15) is 11.9 Å². The number of benzene rings is 3. The van der Waals surface area contributed by atoms with Gasteiger partial charge in [0.05, 0.1) is 18.5 Å². The molecule has 0 bridgehead atoms. The lowest BCUT2D eigenvalue weighted by molar-refractivity contribution is -0.131. The average Bonchev–Trinajstić information content (AvgIpc) is 3.30. The van der Waals surface area contributed by atoms with Crippen LogP contribution >= 0.6 is 0 Å². The van der Waals surface area contributed by atoms with Crippen LogP contribution in [0.5, 0.6) is 0 Å². The van der Waals surface area contributed by atoms with Gasteiger partial charge in [-0.2, -0.15) is 5.26 Å². The number of hydrogen-bond donors (Lipinski definition) is 1. The van der Waals surface area contributed by atoms with Crippen molar-refractivity contribution in [1.82, 2.24) is 9.80 Å². The molecule has 1 aliphatic heterocycles. The molecule has 8 heteroatoms. The van der Waals surface area contributed by atoms with Gasteiger partial charge in [0, 0.05) is 30.2 Å². The number of halogens is 1. The van der Waals surface area contributed by atoms with Gasteiger partial charge in [-0.3, -0.25) is 14.4 Å². The van der Waals surface area contributed by atoms with E-state index in [1.165, 1.54) is 29.0 Å². The second-order valence-corrected chi connectivity index (χ2v) is 8.28. The van der Waals surface area contributed by atoms with Crippen LogP contribution in [0.15, 0.2) is 66.7 Å². The van der Waals surface area contributed by atoms with Gasteiger partial charge in [-0.05, 0) is 36.1 Å². The first-order valence-electron chi connectivity index (χ1n) is 10.9. The maximum atomic E-state index is 14.1. The minimum Gasteiger partial charge on any atom is -0.332 e. The second-order valence-electron chi connectivity index (χ2n) is 8.28. The van der Waals surface area contributed by atoms with Gasteiger partial charge in [0.25, 0.3) is 5.91 Å². The third kappa shape index (κ3) is 4.59. The van der Waals surface area contributed by atoms with Crippen molar-refractivity contribution in [3.05, 3.63) is 78.1 Å². The van der Waals surface area contributed by atoms with Crippen molar-refractivity contribution >= 4 is 34.2 Å². The monoisotopic (exact) mass is 458 g/mol. The molecule has 0 radical (unpaired) electrons. The van der Waals surface area contributed by atoms with Crippen molar-refractivity contribution in [2.75, 3.05) is 25.5 Å². The Morgan fingerprint density at radius 3 is 2.44 bits per heavy atom. The molecule has 2 atom stereocenters. The van der Waals surface area contributed by atoms with Crippen molar-refractivity contribution in [3.63, 3.8) is 0 Å². The van der Waals surface area contributed by atoms with E-state index in [2.05, 4.69) is 11.4 Å². The summed E-state index contributed by atoms with van der Waals surface area (Å²) in [5.41, 5.74) is 0.924. The second kappa shape index (κ2) is 9.71. The third-order valence-corrected chi connectivity index (χ3v) is 6.00. The Kier molecular flexibility index (Phi) is 6.55. The topological polar surface area (TPSA) is 93.5 Å². The number of nitrogens with one attached hydrogen (secondary N) is 1. The molecule has 1 saturated heterocycles. The van der Waals surface area contributed by atoms with E-state index >= 15 is 0 Å². The zero-order valence-corrected chi connectivity index (χ0v) is 18.6. The van der Waals surface area contributed by atoms with Crippen LogP contribution in [0.25, 0.3) is 10.8 Å².